The molecule has 0 radical (unpaired) electrons. The van der Waals surface area contributed by atoms with Gasteiger partial charge in [0, 0.05) is 5.56 Å². The van der Waals surface area contributed by atoms with Crippen LogP contribution in [0.5, 0.6) is 0 Å². The summed E-state index contributed by atoms with van der Waals surface area (Å²) in [5.74, 6) is -0.429. The molecule has 4 nitrogen and oxygen atoms in total. The molecule has 1 aromatic rings. The Labute approximate surface area is 81.5 Å². The zero-order chi connectivity index (χ0) is 10.1. The molecule has 0 aromatic heterocycles. The van der Waals surface area contributed by atoms with E-state index in [1.807, 2.05) is 6.07 Å². The maximum Gasteiger partial charge on any atom is 0.249 e. The van der Waals surface area contributed by atoms with E-state index in [0.29, 0.717) is 18.7 Å². The van der Waals surface area contributed by atoms with Crippen LogP contribution in [0.25, 0.3) is 0 Å². The van der Waals surface area contributed by atoms with Crippen LogP contribution in [0.3, 0.4) is 0 Å². The van der Waals surface area contributed by atoms with Crippen molar-refractivity contribution in [3.8, 4) is 6.19 Å². The molecule has 0 atom stereocenters. The molecule has 14 heavy (non-hydrogen) atoms. The molecule has 2 N–H and O–H groups in total. The van der Waals surface area contributed by atoms with E-state index < -0.39 is 5.91 Å². The molecule has 1 heterocycles. The maximum atomic E-state index is 11.1. The Morgan fingerprint density at radius 2 is 2.29 bits per heavy atom. The standard InChI is InChI=1S/C10H9N3O/c11-6-13-4-7-2-1-3-8(10(12)14)9(7)5-13/h1-3H,4-5H2,(H2,12,14). The summed E-state index contributed by atoms with van der Waals surface area (Å²) >= 11 is 0. The van der Waals surface area contributed by atoms with Gasteiger partial charge in [0.1, 0.15) is 0 Å². The second-order valence-corrected chi connectivity index (χ2v) is 3.26. The molecule has 70 valence electrons. The molecule has 0 unspecified atom stereocenters. The van der Waals surface area contributed by atoms with Crippen molar-refractivity contribution in [2.75, 3.05) is 0 Å². The van der Waals surface area contributed by atoms with Crippen molar-refractivity contribution in [1.29, 1.82) is 5.26 Å². The molecule has 1 aliphatic heterocycles. The smallest absolute Gasteiger partial charge is 0.249 e. The van der Waals surface area contributed by atoms with Crippen LogP contribution in [0.4, 0.5) is 0 Å². The highest BCUT2D eigenvalue weighted by atomic mass is 16.1. The summed E-state index contributed by atoms with van der Waals surface area (Å²) in [7, 11) is 0. The van der Waals surface area contributed by atoms with Gasteiger partial charge in [0.2, 0.25) is 5.91 Å². The van der Waals surface area contributed by atoms with Crippen molar-refractivity contribution in [2.45, 2.75) is 13.1 Å². The van der Waals surface area contributed by atoms with Crippen molar-refractivity contribution < 1.29 is 4.79 Å². The van der Waals surface area contributed by atoms with Crippen molar-refractivity contribution in [3.63, 3.8) is 0 Å². The van der Waals surface area contributed by atoms with Crippen molar-refractivity contribution >= 4 is 5.91 Å². The number of carbonyl (C=O) groups is 1. The third-order valence-electron chi connectivity index (χ3n) is 2.39. The number of fused-ring (bicyclic) bond motifs is 1. The molecule has 1 aliphatic rings. The number of hydrogen-bond donors (Lipinski definition) is 1. The monoisotopic (exact) mass is 187 g/mol. The normalized spacial score (nSPS) is 13.5. The minimum Gasteiger partial charge on any atom is -0.366 e. The highest BCUT2D eigenvalue weighted by molar-refractivity contribution is 5.94. The average molecular weight is 187 g/mol. The first-order valence-electron chi connectivity index (χ1n) is 4.27. The lowest BCUT2D eigenvalue weighted by Crippen LogP contribution is -2.14. The number of carbonyl (C=O) groups excluding carboxylic acids is 1. The van der Waals surface area contributed by atoms with Crippen molar-refractivity contribution in [1.82, 2.24) is 4.90 Å². The van der Waals surface area contributed by atoms with E-state index >= 15 is 0 Å². The number of primary amides is 1. The fourth-order valence-corrected chi connectivity index (χ4v) is 1.72. The van der Waals surface area contributed by atoms with Crippen LogP contribution in [0.2, 0.25) is 0 Å². The van der Waals surface area contributed by atoms with Crippen LogP contribution >= 0.6 is 0 Å². The maximum absolute atomic E-state index is 11.1. The van der Waals surface area contributed by atoms with Gasteiger partial charge in [0.05, 0.1) is 13.1 Å². The molecule has 0 aliphatic carbocycles. The summed E-state index contributed by atoms with van der Waals surface area (Å²) in [6.45, 7) is 1.07. The predicted octanol–water partition coefficient (Wildman–Crippen LogP) is 0.582. The van der Waals surface area contributed by atoms with Crippen LogP contribution in [-0.4, -0.2) is 10.8 Å². The second kappa shape index (κ2) is 3.04. The number of rotatable bonds is 1. The van der Waals surface area contributed by atoms with Gasteiger partial charge in [-0.15, -0.1) is 0 Å². The quantitative estimate of drug-likeness (QED) is 0.654. The predicted molar refractivity (Wildman–Crippen MR) is 49.8 cm³/mol. The first kappa shape index (κ1) is 8.57. The lowest BCUT2D eigenvalue weighted by molar-refractivity contribution is 0.0999. The van der Waals surface area contributed by atoms with E-state index in [-0.39, 0.29) is 0 Å². The van der Waals surface area contributed by atoms with E-state index in [1.54, 1.807) is 17.0 Å². The number of nitrogens with zero attached hydrogens (tertiary/aromatic N) is 2. The third-order valence-corrected chi connectivity index (χ3v) is 2.39. The van der Waals surface area contributed by atoms with Gasteiger partial charge in [-0.3, -0.25) is 4.79 Å². The average Bonchev–Trinajstić information content (AvgIpc) is 2.59. The minimum absolute atomic E-state index is 0.429. The van der Waals surface area contributed by atoms with Gasteiger partial charge in [0.25, 0.3) is 0 Å². The molecule has 1 amide bonds. The fraction of sp³-hybridized carbons (Fsp3) is 0.200. The van der Waals surface area contributed by atoms with Gasteiger partial charge in [0.15, 0.2) is 6.19 Å². The fourth-order valence-electron chi connectivity index (χ4n) is 1.72. The van der Waals surface area contributed by atoms with E-state index in [1.165, 1.54) is 0 Å². The highest BCUT2D eigenvalue weighted by Gasteiger charge is 2.21. The lowest BCUT2D eigenvalue weighted by atomic mass is 10.0. The molecule has 0 fully saturated rings. The SMILES string of the molecule is N#CN1Cc2cccc(C(N)=O)c2C1. The highest BCUT2D eigenvalue weighted by Crippen LogP contribution is 2.24. The van der Waals surface area contributed by atoms with E-state index in [0.717, 1.165) is 11.1 Å². The van der Waals surface area contributed by atoms with Crippen LogP contribution in [-0.2, 0) is 13.1 Å². The molecule has 4 heteroatoms. The number of amides is 1. The third kappa shape index (κ3) is 1.19. The lowest BCUT2D eigenvalue weighted by Gasteiger charge is -2.03. The van der Waals surface area contributed by atoms with Crippen LogP contribution in [0.1, 0.15) is 21.5 Å². The van der Waals surface area contributed by atoms with Gasteiger partial charge >= 0.3 is 0 Å². The molecular formula is C10H9N3O. The molecule has 1 aromatic carbocycles. The molecule has 2 rings (SSSR count). The van der Waals surface area contributed by atoms with E-state index in [2.05, 4.69) is 6.19 Å². The molecule has 0 saturated carbocycles. The number of nitriles is 1. The Morgan fingerprint density at radius 1 is 1.50 bits per heavy atom. The Hall–Kier alpha value is -2.02. The summed E-state index contributed by atoms with van der Waals surface area (Å²) < 4.78 is 0. The van der Waals surface area contributed by atoms with E-state index in [9.17, 15) is 4.79 Å². The summed E-state index contributed by atoms with van der Waals surface area (Å²) in [6.07, 6.45) is 2.06. The molecule has 0 saturated heterocycles. The van der Waals surface area contributed by atoms with Gasteiger partial charge in [-0.25, -0.2) is 0 Å². The number of hydrogen-bond acceptors (Lipinski definition) is 3. The Kier molecular flexibility index (Phi) is 1.86. The number of benzene rings is 1. The van der Waals surface area contributed by atoms with E-state index in [4.69, 9.17) is 11.0 Å². The summed E-state index contributed by atoms with van der Waals surface area (Å²) in [5, 5.41) is 8.73. The second-order valence-electron chi connectivity index (χ2n) is 3.26. The number of nitrogens with two attached hydrogens (primary N) is 1. The molecule has 0 spiro atoms. The first-order valence-corrected chi connectivity index (χ1v) is 4.27. The van der Waals surface area contributed by atoms with Gasteiger partial charge in [-0.2, -0.15) is 5.26 Å². The minimum atomic E-state index is -0.429. The van der Waals surface area contributed by atoms with Crippen molar-refractivity contribution in [3.05, 3.63) is 34.9 Å². The molecular weight excluding hydrogens is 178 g/mol. The topological polar surface area (TPSA) is 70.1 Å². The summed E-state index contributed by atoms with van der Waals surface area (Å²) in [6, 6.07) is 5.40. The van der Waals surface area contributed by atoms with Crippen LogP contribution in [0.15, 0.2) is 18.2 Å². The Bertz CT molecular complexity index is 433. The Morgan fingerprint density at radius 3 is 2.93 bits per heavy atom. The summed E-state index contributed by atoms with van der Waals surface area (Å²) in [4.78, 5) is 12.7. The van der Waals surface area contributed by atoms with Crippen LogP contribution < -0.4 is 5.73 Å². The first-order chi connectivity index (χ1) is 6.72. The van der Waals surface area contributed by atoms with Gasteiger partial charge in [-0.05, 0) is 17.2 Å². The van der Waals surface area contributed by atoms with Crippen LogP contribution in [0, 0.1) is 11.5 Å². The van der Waals surface area contributed by atoms with Gasteiger partial charge < -0.3 is 10.6 Å². The zero-order valence-corrected chi connectivity index (χ0v) is 7.53. The largest absolute Gasteiger partial charge is 0.366 e. The molecule has 0 bridgehead atoms. The zero-order valence-electron chi connectivity index (χ0n) is 7.53. The van der Waals surface area contributed by atoms with Crippen molar-refractivity contribution in [2.24, 2.45) is 5.73 Å². The Balaban J connectivity index is 2.47. The summed E-state index contributed by atoms with van der Waals surface area (Å²) in [5.41, 5.74) is 7.67. The van der Waals surface area contributed by atoms with Gasteiger partial charge in [-0.1, -0.05) is 12.1 Å².